The van der Waals surface area contributed by atoms with E-state index in [1.54, 1.807) is 6.20 Å². The number of tetrazole rings is 1. The van der Waals surface area contributed by atoms with Crippen LogP contribution in [0.1, 0.15) is 18.4 Å². The molecule has 1 N–H and O–H groups in total. The first-order chi connectivity index (χ1) is 13.5. The second-order valence-electron chi connectivity index (χ2n) is 7.05. The molecule has 10 heteroatoms. The van der Waals surface area contributed by atoms with Crippen LogP contribution in [0.4, 0.5) is 5.69 Å². The van der Waals surface area contributed by atoms with Crippen LogP contribution >= 0.6 is 0 Å². The molecular formula is C18H21N7O2S. The van der Waals surface area contributed by atoms with Crippen molar-refractivity contribution >= 4 is 15.5 Å². The number of nitrogens with one attached hydrogen (secondary N) is 1. The first kappa shape index (κ1) is 18.5. The standard InChI is InChI=1S/C18H21N7O2S/c1-28(26,27)18-16(17-21-23-24-22-17)15(6-8-20-18)25-9-3-5-14(12-25)10-13-4-2-7-19-11-13/h2,4,6-8,11,14H,3,5,9-10,12H2,1H3,(H,21,22,23,24). The van der Waals surface area contributed by atoms with E-state index in [1.165, 1.54) is 11.8 Å². The second-order valence-corrected chi connectivity index (χ2v) is 8.98. The Bertz CT molecular complexity index is 1040. The summed E-state index contributed by atoms with van der Waals surface area (Å²) < 4.78 is 24.6. The zero-order chi connectivity index (χ0) is 19.6. The molecule has 1 atom stereocenters. The Hall–Kier alpha value is -2.88. The highest BCUT2D eigenvalue weighted by molar-refractivity contribution is 7.90. The molecule has 3 aromatic rings. The van der Waals surface area contributed by atoms with Gasteiger partial charge in [-0.2, -0.15) is 0 Å². The molecule has 1 unspecified atom stereocenters. The summed E-state index contributed by atoms with van der Waals surface area (Å²) in [6.07, 6.45) is 9.44. The van der Waals surface area contributed by atoms with Gasteiger partial charge >= 0.3 is 0 Å². The van der Waals surface area contributed by atoms with Crippen LogP contribution in [-0.2, 0) is 16.3 Å². The Morgan fingerprint density at radius 1 is 1.29 bits per heavy atom. The fourth-order valence-electron chi connectivity index (χ4n) is 3.77. The average molecular weight is 399 g/mol. The van der Waals surface area contributed by atoms with E-state index in [1.807, 2.05) is 18.3 Å². The third kappa shape index (κ3) is 3.86. The summed E-state index contributed by atoms with van der Waals surface area (Å²) in [4.78, 5) is 10.5. The summed E-state index contributed by atoms with van der Waals surface area (Å²) in [5, 5.41) is 13.8. The number of nitrogens with zero attached hydrogens (tertiary/aromatic N) is 6. The number of piperidine rings is 1. The Labute approximate surface area is 163 Å². The van der Waals surface area contributed by atoms with Gasteiger partial charge in [-0.3, -0.25) is 4.98 Å². The van der Waals surface area contributed by atoms with Crippen molar-refractivity contribution < 1.29 is 8.42 Å². The van der Waals surface area contributed by atoms with E-state index in [0.717, 1.165) is 44.3 Å². The summed E-state index contributed by atoms with van der Waals surface area (Å²) in [7, 11) is -3.54. The lowest BCUT2D eigenvalue weighted by atomic mass is 9.91. The van der Waals surface area contributed by atoms with Gasteiger partial charge in [-0.1, -0.05) is 6.07 Å². The first-order valence-electron chi connectivity index (χ1n) is 9.09. The molecule has 0 aromatic carbocycles. The molecule has 4 heterocycles. The van der Waals surface area contributed by atoms with Crippen molar-refractivity contribution in [1.29, 1.82) is 0 Å². The maximum atomic E-state index is 12.3. The Balaban J connectivity index is 1.68. The molecule has 0 saturated carbocycles. The molecule has 0 aliphatic carbocycles. The highest BCUT2D eigenvalue weighted by atomic mass is 32.2. The summed E-state index contributed by atoms with van der Waals surface area (Å²) >= 11 is 0. The van der Waals surface area contributed by atoms with Gasteiger partial charge < -0.3 is 4.90 Å². The molecule has 9 nitrogen and oxygen atoms in total. The van der Waals surface area contributed by atoms with Crippen LogP contribution in [0.25, 0.3) is 11.4 Å². The largest absolute Gasteiger partial charge is 0.371 e. The Morgan fingerprint density at radius 2 is 2.18 bits per heavy atom. The molecule has 28 heavy (non-hydrogen) atoms. The zero-order valence-electron chi connectivity index (χ0n) is 15.5. The quantitative estimate of drug-likeness (QED) is 0.686. The lowest BCUT2D eigenvalue weighted by Gasteiger charge is -2.35. The predicted octanol–water partition coefficient (Wildman–Crippen LogP) is 1.52. The van der Waals surface area contributed by atoms with Crippen LogP contribution in [0.5, 0.6) is 0 Å². The molecule has 1 aliphatic heterocycles. The maximum Gasteiger partial charge on any atom is 0.193 e. The molecule has 4 rings (SSSR count). The molecular weight excluding hydrogens is 378 g/mol. The van der Waals surface area contributed by atoms with Crippen LogP contribution in [0.15, 0.2) is 41.8 Å². The van der Waals surface area contributed by atoms with Gasteiger partial charge in [0.2, 0.25) is 0 Å². The lowest BCUT2D eigenvalue weighted by Crippen LogP contribution is -2.36. The van der Waals surface area contributed by atoms with Gasteiger partial charge in [0, 0.05) is 37.9 Å². The molecule has 1 saturated heterocycles. The molecule has 146 valence electrons. The molecule has 1 fully saturated rings. The minimum absolute atomic E-state index is 0.0158. The summed E-state index contributed by atoms with van der Waals surface area (Å²) in [5.41, 5.74) is 2.42. The van der Waals surface area contributed by atoms with Crippen LogP contribution in [0.3, 0.4) is 0 Å². The SMILES string of the molecule is CS(=O)(=O)c1nccc(N2CCCC(Cc3cccnc3)C2)c1-c1nnn[nH]1. The van der Waals surface area contributed by atoms with Gasteiger partial charge in [-0.15, -0.1) is 5.10 Å². The van der Waals surface area contributed by atoms with Crippen molar-refractivity contribution in [2.75, 3.05) is 24.2 Å². The van der Waals surface area contributed by atoms with Gasteiger partial charge in [-0.05, 0) is 53.3 Å². The number of aromatic nitrogens is 6. The van der Waals surface area contributed by atoms with Gasteiger partial charge in [-0.25, -0.2) is 18.5 Å². The van der Waals surface area contributed by atoms with E-state index in [-0.39, 0.29) is 5.03 Å². The first-order valence-corrected chi connectivity index (χ1v) is 11.0. The highest BCUT2D eigenvalue weighted by Gasteiger charge is 2.28. The summed E-state index contributed by atoms with van der Waals surface area (Å²) in [6, 6.07) is 5.87. The van der Waals surface area contributed by atoms with Crippen molar-refractivity contribution in [2.45, 2.75) is 24.3 Å². The molecule has 3 aromatic heterocycles. The topological polar surface area (TPSA) is 118 Å². The van der Waals surface area contributed by atoms with Crippen molar-refractivity contribution in [3.05, 3.63) is 42.4 Å². The Kier molecular flexibility index (Phi) is 5.03. The van der Waals surface area contributed by atoms with E-state index in [9.17, 15) is 8.42 Å². The fraction of sp³-hybridized carbons (Fsp3) is 0.389. The number of pyridine rings is 2. The van der Waals surface area contributed by atoms with Crippen LogP contribution in [0.2, 0.25) is 0 Å². The summed E-state index contributed by atoms with van der Waals surface area (Å²) in [5.74, 6) is 0.756. The van der Waals surface area contributed by atoms with E-state index >= 15 is 0 Å². The molecule has 1 aliphatic rings. The highest BCUT2D eigenvalue weighted by Crippen LogP contribution is 2.35. The predicted molar refractivity (Wildman–Crippen MR) is 103 cm³/mol. The number of rotatable bonds is 5. The minimum Gasteiger partial charge on any atom is -0.371 e. The van der Waals surface area contributed by atoms with Crippen molar-refractivity contribution in [1.82, 2.24) is 30.6 Å². The molecule has 0 amide bonds. The van der Waals surface area contributed by atoms with Crippen molar-refractivity contribution in [3.63, 3.8) is 0 Å². The molecule has 0 radical (unpaired) electrons. The maximum absolute atomic E-state index is 12.3. The number of sulfone groups is 1. The average Bonchev–Trinajstić information content (AvgIpc) is 3.22. The smallest absolute Gasteiger partial charge is 0.193 e. The normalized spacial score (nSPS) is 17.6. The molecule has 0 spiro atoms. The fourth-order valence-corrected chi connectivity index (χ4v) is 4.59. The van der Waals surface area contributed by atoms with E-state index < -0.39 is 9.84 Å². The van der Waals surface area contributed by atoms with Gasteiger partial charge in [0.1, 0.15) is 0 Å². The van der Waals surface area contributed by atoms with Crippen LogP contribution in [-0.4, -0.2) is 58.4 Å². The monoisotopic (exact) mass is 399 g/mol. The van der Waals surface area contributed by atoms with Gasteiger partial charge in [0.05, 0.1) is 11.3 Å². The lowest BCUT2D eigenvalue weighted by molar-refractivity contribution is 0.413. The van der Waals surface area contributed by atoms with Crippen molar-refractivity contribution in [2.24, 2.45) is 5.92 Å². The van der Waals surface area contributed by atoms with Gasteiger partial charge in [0.25, 0.3) is 0 Å². The Morgan fingerprint density at radius 3 is 2.89 bits per heavy atom. The van der Waals surface area contributed by atoms with Crippen molar-refractivity contribution in [3.8, 4) is 11.4 Å². The second kappa shape index (κ2) is 7.63. The van der Waals surface area contributed by atoms with Crippen LogP contribution < -0.4 is 4.90 Å². The number of hydrogen-bond acceptors (Lipinski definition) is 8. The molecule has 0 bridgehead atoms. The number of H-pyrrole nitrogens is 1. The zero-order valence-corrected chi connectivity index (χ0v) is 16.3. The minimum atomic E-state index is -3.54. The third-order valence-electron chi connectivity index (χ3n) is 4.93. The van der Waals surface area contributed by atoms with E-state index in [0.29, 0.717) is 17.3 Å². The summed E-state index contributed by atoms with van der Waals surface area (Å²) in [6.45, 7) is 1.65. The van der Waals surface area contributed by atoms with Gasteiger partial charge in [0.15, 0.2) is 20.7 Å². The van der Waals surface area contributed by atoms with E-state index in [2.05, 4.69) is 41.6 Å². The van der Waals surface area contributed by atoms with Crippen LogP contribution in [0, 0.1) is 5.92 Å². The van der Waals surface area contributed by atoms with E-state index in [4.69, 9.17) is 0 Å². The number of aromatic amines is 1. The third-order valence-corrected chi connectivity index (χ3v) is 5.95. The number of hydrogen-bond donors (Lipinski definition) is 1. The number of anilines is 1.